The van der Waals surface area contributed by atoms with E-state index in [1.165, 1.54) is 7.11 Å². The topological polar surface area (TPSA) is 78.3 Å². The molecule has 2 atom stereocenters. The minimum Gasteiger partial charge on any atom is -0.467 e. The lowest BCUT2D eigenvalue weighted by atomic mass is 9.94. The SMILES string of the molecule is C#C[C@](N)(CCC(C)N)C(=O)OC. The summed E-state index contributed by atoms with van der Waals surface area (Å²) in [4.78, 5) is 11.1. The predicted octanol–water partition coefficient (Wildman–Crippen LogP) is -0.382. The first-order valence-corrected chi connectivity index (χ1v) is 4.07. The Morgan fingerprint density at radius 2 is 2.31 bits per heavy atom. The van der Waals surface area contributed by atoms with Gasteiger partial charge in [0.2, 0.25) is 0 Å². The first kappa shape index (κ1) is 11.9. The van der Waals surface area contributed by atoms with Crippen molar-refractivity contribution in [3.63, 3.8) is 0 Å². The highest BCUT2D eigenvalue weighted by Crippen LogP contribution is 2.11. The van der Waals surface area contributed by atoms with E-state index in [9.17, 15) is 4.79 Å². The number of esters is 1. The van der Waals surface area contributed by atoms with E-state index in [-0.39, 0.29) is 6.04 Å². The minimum absolute atomic E-state index is 0.0269. The molecule has 0 aliphatic rings. The van der Waals surface area contributed by atoms with Crippen molar-refractivity contribution in [2.45, 2.75) is 31.3 Å². The van der Waals surface area contributed by atoms with Gasteiger partial charge in [-0.2, -0.15) is 0 Å². The monoisotopic (exact) mass is 184 g/mol. The van der Waals surface area contributed by atoms with Gasteiger partial charge in [0.1, 0.15) is 0 Å². The fourth-order valence-corrected chi connectivity index (χ4v) is 0.871. The molecule has 4 heteroatoms. The molecule has 0 aromatic carbocycles. The predicted molar refractivity (Wildman–Crippen MR) is 50.7 cm³/mol. The number of ether oxygens (including phenoxy) is 1. The fourth-order valence-electron chi connectivity index (χ4n) is 0.871. The summed E-state index contributed by atoms with van der Waals surface area (Å²) in [6.07, 6.45) is 6.09. The van der Waals surface area contributed by atoms with Crippen molar-refractivity contribution in [3.8, 4) is 12.3 Å². The summed E-state index contributed by atoms with van der Waals surface area (Å²) in [6, 6.07) is -0.0269. The molecular weight excluding hydrogens is 168 g/mol. The minimum atomic E-state index is -1.33. The van der Waals surface area contributed by atoms with Crippen LogP contribution in [-0.4, -0.2) is 24.7 Å². The first-order valence-electron chi connectivity index (χ1n) is 4.07. The van der Waals surface area contributed by atoms with Crippen LogP contribution in [0.5, 0.6) is 0 Å². The Labute approximate surface area is 78.6 Å². The van der Waals surface area contributed by atoms with Gasteiger partial charge >= 0.3 is 5.97 Å². The molecule has 0 aliphatic carbocycles. The number of rotatable bonds is 4. The van der Waals surface area contributed by atoms with Crippen LogP contribution in [0.4, 0.5) is 0 Å². The lowest BCUT2D eigenvalue weighted by molar-refractivity contribution is -0.145. The second-order valence-electron chi connectivity index (χ2n) is 3.12. The third-order valence-electron chi connectivity index (χ3n) is 1.80. The quantitative estimate of drug-likeness (QED) is 0.461. The van der Waals surface area contributed by atoms with Crippen LogP contribution in [-0.2, 0) is 9.53 Å². The van der Waals surface area contributed by atoms with Gasteiger partial charge in [0.25, 0.3) is 0 Å². The van der Waals surface area contributed by atoms with Crippen molar-refractivity contribution in [1.82, 2.24) is 0 Å². The molecule has 0 aromatic rings. The molecule has 0 amide bonds. The highest BCUT2D eigenvalue weighted by molar-refractivity contribution is 5.84. The molecule has 0 heterocycles. The second-order valence-corrected chi connectivity index (χ2v) is 3.12. The number of terminal acetylenes is 1. The largest absolute Gasteiger partial charge is 0.467 e. The average Bonchev–Trinajstić information content (AvgIpc) is 2.12. The molecule has 0 rings (SSSR count). The van der Waals surface area contributed by atoms with Gasteiger partial charge in [-0.3, -0.25) is 0 Å². The van der Waals surface area contributed by atoms with Gasteiger partial charge in [0, 0.05) is 6.04 Å². The molecule has 0 radical (unpaired) electrons. The van der Waals surface area contributed by atoms with E-state index in [0.717, 1.165) is 0 Å². The number of hydrogen-bond acceptors (Lipinski definition) is 4. The van der Waals surface area contributed by atoms with Gasteiger partial charge < -0.3 is 16.2 Å². The summed E-state index contributed by atoms with van der Waals surface area (Å²) < 4.78 is 4.49. The van der Waals surface area contributed by atoms with Gasteiger partial charge in [-0.25, -0.2) is 4.79 Å². The molecule has 0 bridgehead atoms. The zero-order valence-electron chi connectivity index (χ0n) is 8.04. The second kappa shape index (κ2) is 4.85. The van der Waals surface area contributed by atoms with Crippen LogP contribution in [0.15, 0.2) is 0 Å². The number of hydrogen-bond donors (Lipinski definition) is 2. The van der Waals surface area contributed by atoms with Crippen LogP contribution in [0.25, 0.3) is 0 Å². The Morgan fingerprint density at radius 1 is 1.77 bits per heavy atom. The first-order chi connectivity index (χ1) is 5.96. The Bertz CT molecular complexity index is 220. The summed E-state index contributed by atoms with van der Waals surface area (Å²) in [5.74, 6) is 1.64. The van der Waals surface area contributed by atoms with E-state index < -0.39 is 11.5 Å². The Hall–Kier alpha value is -1.05. The van der Waals surface area contributed by atoms with Gasteiger partial charge in [-0.05, 0) is 19.8 Å². The van der Waals surface area contributed by atoms with Crippen LogP contribution in [0.2, 0.25) is 0 Å². The zero-order chi connectivity index (χ0) is 10.5. The maximum Gasteiger partial charge on any atom is 0.338 e. The van der Waals surface area contributed by atoms with E-state index in [1.807, 2.05) is 6.92 Å². The number of carbonyl (C=O) groups is 1. The summed E-state index contributed by atoms with van der Waals surface area (Å²) in [7, 11) is 1.26. The zero-order valence-corrected chi connectivity index (χ0v) is 8.04. The maximum absolute atomic E-state index is 11.1. The Balaban J connectivity index is 4.31. The molecule has 0 aromatic heterocycles. The summed E-state index contributed by atoms with van der Waals surface area (Å²) in [5, 5.41) is 0. The normalized spacial score (nSPS) is 16.8. The van der Waals surface area contributed by atoms with E-state index >= 15 is 0 Å². The molecule has 0 aliphatic heterocycles. The molecular formula is C9H16N2O2. The summed E-state index contributed by atoms with van der Waals surface area (Å²) >= 11 is 0. The number of methoxy groups -OCH3 is 1. The van der Waals surface area contributed by atoms with E-state index in [2.05, 4.69) is 10.7 Å². The van der Waals surface area contributed by atoms with Crippen molar-refractivity contribution in [2.24, 2.45) is 11.5 Å². The highest BCUT2D eigenvalue weighted by Gasteiger charge is 2.32. The standard InChI is InChI=1S/C9H16N2O2/c1-4-9(11,8(12)13-3)6-5-7(2)10/h1,7H,5-6,10-11H2,2-3H3/t7?,9-/m0/s1. The van der Waals surface area contributed by atoms with Gasteiger partial charge in [-0.15, -0.1) is 6.42 Å². The molecule has 13 heavy (non-hydrogen) atoms. The van der Waals surface area contributed by atoms with Crippen molar-refractivity contribution in [3.05, 3.63) is 0 Å². The Kier molecular flexibility index (Phi) is 4.46. The van der Waals surface area contributed by atoms with Crippen LogP contribution >= 0.6 is 0 Å². The smallest absolute Gasteiger partial charge is 0.338 e. The maximum atomic E-state index is 11.1. The van der Waals surface area contributed by atoms with Crippen LogP contribution in [0.1, 0.15) is 19.8 Å². The molecule has 74 valence electrons. The van der Waals surface area contributed by atoms with Crippen molar-refractivity contribution < 1.29 is 9.53 Å². The average molecular weight is 184 g/mol. The summed E-state index contributed by atoms with van der Waals surface area (Å²) in [6.45, 7) is 1.83. The lowest BCUT2D eigenvalue weighted by Gasteiger charge is -2.20. The number of carbonyl (C=O) groups excluding carboxylic acids is 1. The molecule has 0 spiro atoms. The molecule has 4 nitrogen and oxygen atoms in total. The van der Waals surface area contributed by atoms with Gasteiger partial charge in [-0.1, -0.05) is 5.92 Å². The van der Waals surface area contributed by atoms with Crippen LogP contribution in [0, 0.1) is 12.3 Å². The molecule has 1 unspecified atom stereocenters. The number of nitrogens with two attached hydrogens (primary N) is 2. The van der Waals surface area contributed by atoms with Crippen molar-refractivity contribution >= 4 is 5.97 Å². The summed E-state index contributed by atoms with van der Waals surface area (Å²) in [5.41, 5.74) is 9.82. The third kappa shape index (κ3) is 3.45. The van der Waals surface area contributed by atoms with Crippen molar-refractivity contribution in [1.29, 1.82) is 0 Å². The Morgan fingerprint density at radius 3 is 2.62 bits per heavy atom. The molecule has 4 N–H and O–H groups in total. The van der Waals surface area contributed by atoms with E-state index in [4.69, 9.17) is 17.9 Å². The van der Waals surface area contributed by atoms with E-state index in [1.54, 1.807) is 0 Å². The molecule has 0 saturated carbocycles. The van der Waals surface area contributed by atoms with Gasteiger partial charge in [0.15, 0.2) is 5.54 Å². The van der Waals surface area contributed by atoms with Crippen molar-refractivity contribution in [2.75, 3.05) is 7.11 Å². The fraction of sp³-hybridized carbons (Fsp3) is 0.667. The molecule has 0 saturated heterocycles. The van der Waals surface area contributed by atoms with Crippen LogP contribution < -0.4 is 11.5 Å². The van der Waals surface area contributed by atoms with Gasteiger partial charge in [0.05, 0.1) is 7.11 Å². The van der Waals surface area contributed by atoms with Crippen LogP contribution in [0.3, 0.4) is 0 Å². The van der Waals surface area contributed by atoms with E-state index in [0.29, 0.717) is 12.8 Å². The molecule has 0 fully saturated rings. The lowest BCUT2D eigenvalue weighted by Crippen LogP contribution is -2.48. The third-order valence-corrected chi connectivity index (χ3v) is 1.80. The highest BCUT2D eigenvalue weighted by atomic mass is 16.5.